The van der Waals surface area contributed by atoms with Crippen LogP contribution < -0.4 is 5.48 Å². The molecule has 0 radical (unpaired) electrons. The first kappa shape index (κ1) is 19.8. The van der Waals surface area contributed by atoms with E-state index in [0.717, 1.165) is 36.8 Å². The van der Waals surface area contributed by atoms with Gasteiger partial charge in [0.2, 0.25) is 0 Å². The minimum atomic E-state index is -0.488. The first-order chi connectivity index (χ1) is 13.0. The molecule has 2 aromatic carbocycles. The molecule has 2 aromatic rings. The number of rotatable bonds is 5. The molecule has 0 aromatic heterocycles. The predicted octanol–water partition coefficient (Wildman–Crippen LogP) is 3.55. The van der Waals surface area contributed by atoms with Crippen LogP contribution in [0, 0.1) is 0 Å². The lowest BCUT2D eigenvalue weighted by Crippen LogP contribution is -2.55. The highest BCUT2D eigenvalue weighted by Gasteiger charge is 2.29. The summed E-state index contributed by atoms with van der Waals surface area (Å²) in [6.45, 7) is 8.26. The van der Waals surface area contributed by atoms with Gasteiger partial charge in [-0.1, -0.05) is 35.9 Å². The summed E-state index contributed by atoms with van der Waals surface area (Å²) in [5.41, 5.74) is 4.51. The quantitative estimate of drug-likeness (QED) is 0.608. The van der Waals surface area contributed by atoms with Crippen LogP contribution in [0.1, 0.15) is 35.3 Å². The predicted molar refractivity (Wildman–Crippen MR) is 107 cm³/mol. The lowest BCUT2D eigenvalue weighted by Gasteiger charge is -2.44. The summed E-state index contributed by atoms with van der Waals surface area (Å²) < 4.78 is 0. The number of hydroxylamine groups is 1. The number of piperazine rings is 1. The van der Waals surface area contributed by atoms with Crippen LogP contribution in [0.2, 0.25) is 5.02 Å². The van der Waals surface area contributed by atoms with E-state index in [2.05, 4.69) is 29.7 Å². The number of halogens is 1. The van der Waals surface area contributed by atoms with Crippen LogP contribution in [-0.2, 0) is 13.1 Å². The van der Waals surface area contributed by atoms with E-state index in [9.17, 15) is 4.79 Å². The maximum atomic E-state index is 11.4. The van der Waals surface area contributed by atoms with Crippen molar-refractivity contribution in [2.45, 2.75) is 39.0 Å². The number of benzene rings is 2. The minimum Gasteiger partial charge on any atom is -0.296 e. The fourth-order valence-corrected chi connectivity index (χ4v) is 4.05. The van der Waals surface area contributed by atoms with E-state index < -0.39 is 5.91 Å². The molecule has 0 aliphatic carbocycles. The van der Waals surface area contributed by atoms with Crippen molar-refractivity contribution < 1.29 is 10.0 Å². The lowest BCUT2D eigenvalue weighted by molar-refractivity contribution is 0.0290. The monoisotopic (exact) mass is 387 g/mol. The molecule has 1 amide bonds. The number of nitrogens with one attached hydrogen (secondary N) is 1. The fourth-order valence-electron chi connectivity index (χ4n) is 3.84. The van der Waals surface area contributed by atoms with E-state index in [1.165, 1.54) is 5.56 Å². The SMILES string of the molecule is C[C@@H]1CN(Cc2ccc(C(=O)NO)cc2)C[C@H](C)N1Cc1cccc(Cl)c1. The van der Waals surface area contributed by atoms with Gasteiger partial charge in [0.15, 0.2) is 0 Å². The Morgan fingerprint density at radius 1 is 1.07 bits per heavy atom. The Hall–Kier alpha value is -1.92. The van der Waals surface area contributed by atoms with Crippen LogP contribution >= 0.6 is 11.6 Å². The second kappa shape index (κ2) is 8.85. The van der Waals surface area contributed by atoms with Gasteiger partial charge in [-0.25, -0.2) is 5.48 Å². The van der Waals surface area contributed by atoms with Crippen LogP contribution in [0.3, 0.4) is 0 Å². The first-order valence-electron chi connectivity index (χ1n) is 9.22. The maximum Gasteiger partial charge on any atom is 0.274 e. The van der Waals surface area contributed by atoms with Gasteiger partial charge in [-0.15, -0.1) is 0 Å². The van der Waals surface area contributed by atoms with Crippen molar-refractivity contribution in [3.05, 3.63) is 70.2 Å². The second-order valence-electron chi connectivity index (χ2n) is 7.33. The molecule has 3 rings (SSSR count). The van der Waals surface area contributed by atoms with Gasteiger partial charge >= 0.3 is 0 Å². The van der Waals surface area contributed by atoms with Gasteiger partial charge in [0, 0.05) is 48.8 Å². The van der Waals surface area contributed by atoms with E-state index >= 15 is 0 Å². The number of hydrogen-bond acceptors (Lipinski definition) is 4. The summed E-state index contributed by atoms with van der Waals surface area (Å²) in [5, 5.41) is 9.49. The lowest BCUT2D eigenvalue weighted by atomic mass is 10.0. The van der Waals surface area contributed by atoms with Gasteiger partial charge in [-0.05, 0) is 49.2 Å². The molecule has 27 heavy (non-hydrogen) atoms. The van der Waals surface area contributed by atoms with Gasteiger partial charge in [-0.2, -0.15) is 0 Å². The normalized spacial score (nSPS) is 21.2. The van der Waals surface area contributed by atoms with Crippen molar-refractivity contribution in [2.75, 3.05) is 13.1 Å². The van der Waals surface area contributed by atoms with Crippen LogP contribution in [-0.4, -0.2) is 46.1 Å². The van der Waals surface area contributed by atoms with Crippen molar-refractivity contribution in [3.8, 4) is 0 Å². The first-order valence-corrected chi connectivity index (χ1v) is 9.60. The molecule has 144 valence electrons. The largest absolute Gasteiger partial charge is 0.296 e. The Kier molecular flexibility index (Phi) is 6.50. The van der Waals surface area contributed by atoms with Gasteiger partial charge in [0.05, 0.1) is 0 Å². The highest BCUT2D eigenvalue weighted by molar-refractivity contribution is 6.30. The summed E-state index contributed by atoms with van der Waals surface area (Å²) in [6.07, 6.45) is 0. The molecule has 0 saturated carbocycles. The molecule has 2 N–H and O–H groups in total. The summed E-state index contributed by atoms with van der Waals surface area (Å²) in [7, 11) is 0. The van der Waals surface area contributed by atoms with Crippen LogP contribution in [0.5, 0.6) is 0 Å². The standard InChI is InChI=1S/C21H26ClN3O2/c1-15-11-24(13-17-6-8-19(9-7-17)21(26)23-27)12-16(2)25(15)14-18-4-3-5-20(22)10-18/h3-10,15-16,27H,11-14H2,1-2H3,(H,23,26)/t15-,16+. The molecule has 1 fully saturated rings. The van der Waals surface area contributed by atoms with Gasteiger partial charge in [-0.3, -0.25) is 19.8 Å². The zero-order chi connectivity index (χ0) is 19.4. The van der Waals surface area contributed by atoms with E-state index in [1.807, 2.05) is 30.3 Å². The molecule has 1 aliphatic heterocycles. The molecule has 0 unspecified atom stereocenters. The molecular weight excluding hydrogens is 362 g/mol. The smallest absolute Gasteiger partial charge is 0.274 e. The molecule has 1 aliphatic rings. The average Bonchev–Trinajstić information content (AvgIpc) is 2.65. The van der Waals surface area contributed by atoms with Gasteiger partial charge < -0.3 is 0 Å². The topological polar surface area (TPSA) is 55.8 Å². The Morgan fingerprint density at radius 3 is 2.33 bits per heavy atom. The van der Waals surface area contributed by atoms with E-state index in [0.29, 0.717) is 17.6 Å². The van der Waals surface area contributed by atoms with Crippen LogP contribution in [0.15, 0.2) is 48.5 Å². The van der Waals surface area contributed by atoms with E-state index in [1.54, 1.807) is 17.6 Å². The molecule has 1 heterocycles. The van der Waals surface area contributed by atoms with Gasteiger partial charge in [0.1, 0.15) is 0 Å². The Morgan fingerprint density at radius 2 is 1.74 bits per heavy atom. The van der Waals surface area contributed by atoms with E-state index in [-0.39, 0.29) is 0 Å². The number of carbonyl (C=O) groups is 1. The van der Waals surface area contributed by atoms with E-state index in [4.69, 9.17) is 16.8 Å². The average molecular weight is 388 g/mol. The fraction of sp³-hybridized carbons (Fsp3) is 0.381. The summed E-state index contributed by atoms with van der Waals surface area (Å²) in [4.78, 5) is 16.4. The third-order valence-electron chi connectivity index (χ3n) is 5.16. The summed E-state index contributed by atoms with van der Waals surface area (Å²) in [5.74, 6) is -0.488. The van der Waals surface area contributed by atoms with Crippen LogP contribution in [0.25, 0.3) is 0 Å². The highest BCUT2D eigenvalue weighted by Crippen LogP contribution is 2.22. The maximum absolute atomic E-state index is 11.4. The molecule has 5 nitrogen and oxygen atoms in total. The number of nitrogens with zero attached hydrogens (tertiary/aromatic N) is 2. The second-order valence-corrected chi connectivity index (χ2v) is 7.77. The molecular formula is C21H26ClN3O2. The summed E-state index contributed by atoms with van der Waals surface area (Å²) in [6, 6.07) is 16.3. The minimum absolute atomic E-state index is 0.437. The summed E-state index contributed by atoms with van der Waals surface area (Å²) >= 11 is 6.12. The Balaban J connectivity index is 1.60. The Labute approximate surface area is 165 Å². The number of amides is 1. The van der Waals surface area contributed by atoms with Crippen molar-refractivity contribution in [1.82, 2.24) is 15.3 Å². The van der Waals surface area contributed by atoms with Crippen molar-refractivity contribution in [3.63, 3.8) is 0 Å². The molecule has 6 heteroatoms. The molecule has 2 atom stereocenters. The zero-order valence-electron chi connectivity index (χ0n) is 15.7. The van der Waals surface area contributed by atoms with Crippen molar-refractivity contribution >= 4 is 17.5 Å². The zero-order valence-corrected chi connectivity index (χ0v) is 16.5. The third-order valence-corrected chi connectivity index (χ3v) is 5.39. The van der Waals surface area contributed by atoms with Crippen molar-refractivity contribution in [1.29, 1.82) is 0 Å². The molecule has 1 saturated heterocycles. The number of hydrogen-bond donors (Lipinski definition) is 2. The third kappa shape index (κ3) is 5.08. The number of carbonyl (C=O) groups excluding carboxylic acids is 1. The highest BCUT2D eigenvalue weighted by atomic mass is 35.5. The van der Waals surface area contributed by atoms with Gasteiger partial charge in [0.25, 0.3) is 5.91 Å². The molecule has 0 bridgehead atoms. The van der Waals surface area contributed by atoms with Crippen LogP contribution in [0.4, 0.5) is 0 Å². The van der Waals surface area contributed by atoms with Crippen molar-refractivity contribution in [2.24, 2.45) is 0 Å². The Bertz CT molecular complexity index is 769. The molecule has 0 spiro atoms.